The minimum atomic E-state index is -3.13. The number of hydrogen-bond acceptors (Lipinski definition) is 2. The van der Waals surface area contributed by atoms with E-state index in [1.54, 1.807) is 0 Å². The van der Waals surface area contributed by atoms with Crippen molar-refractivity contribution in [3.05, 3.63) is 0 Å². The molecule has 14 heavy (non-hydrogen) atoms. The van der Waals surface area contributed by atoms with Gasteiger partial charge in [-0.1, -0.05) is 38.5 Å². The predicted molar refractivity (Wildman–Crippen MR) is 54.6 cm³/mol. The lowest BCUT2D eigenvalue weighted by atomic mass is 10.0. The first-order chi connectivity index (χ1) is 6.46. The van der Waals surface area contributed by atoms with E-state index in [0.29, 0.717) is 0 Å². The topological polar surface area (TPSA) is 115 Å². The molecule has 1 saturated carbocycles. The van der Waals surface area contributed by atoms with Crippen LogP contribution in [0, 0.1) is 0 Å². The van der Waals surface area contributed by atoms with Crippen molar-refractivity contribution in [2.24, 2.45) is 0 Å². The summed E-state index contributed by atoms with van der Waals surface area (Å²) in [6.45, 7) is 0. The second-order valence-corrected chi connectivity index (χ2v) is 3.82. The molecule has 0 aromatic rings. The van der Waals surface area contributed by atoms with E-state index >= 15 is 0 Å². The summed E-state index contributed by atoms with van der Waals surface area (Å²) < 4.78 is 17.5. The number of rotatable bonds is 0. The smallest absolute Gasteiger partial charge is 0.314 e. The van der Waals surface area contributed by atoms with Crippen LogP contribution in [0.1, 0.15) is 38.5 Å². The zero-order valence-electron chi connectivity index (χ0n) is 7.85. The van der Waals surface area contributed by atoms with Crippen molar-refractivity contribution in [1.82, 2.24) is 0 Å². The molecule has 88 valence electrons. The quantitative estimate of drug-likeness (QED) is 0.476. The highest BCUT2D eigenvalue weighted by Gasteiger charge is 1.95. The van der Waals surface area contributed by atoms with Gasteiger partial charge >= 0.3 is 16.5 Å². The minimum absolute atomic E-state index is 1.50. The Labute approximate surface area is 84.5 Å². The van der Waals surface area contributed by atoms with Crippen molar-refractivity contribution < 1.29 is 28.7 Å². The molecule has 0 saturated heterocycles. The Morgan fingerprint density at radius 3 is 0.714 bits per heavy atom. The van der Waals surface area contributed by atoms with Crippen LogP contribution >= 0.6 is 16.5 Å². The van der Waals surface area contributed by atoms with Crippen molar-refractivity contribution in [2.75, 3.05) is 0 Å². The molecule has 0 aromatic carbocycles. The maximum absolute atomic E-state index is 8.74. The van der Waals surface area contributed by atoms with E-state index in [2.05, 4.69) is 0 Å². The fourth-order valence-electron chi connectivity index (χ4n) is 1.06. The van der Waals surface area contributed by atoms with Crippen LogP contribution < -0.4 is 0 Å². The third-order valence-corrected chi connectivity index (χ3v) is 1.50. The summed E-state index contributed by atoms with van der Waals surface area (Å²) in [6.07, 6.45) is 9.00. The first-order valence-electron chi connectivity index (χ1n) is 4.30. The van der Waals surface area contributed by atoms with Gasteiger partial charge in [-0.05, 0) is 0 Å². The van der Waals surface area contributed by atoms with E-state index in [1.165, 1.54) is 38.5 Å². The van der Waals surface area contributed by atoms with E-state index in [1.807, 2.05) is 0 Å². The molecule has 0 unspecified atom stereocenters. The van der Waals surface area contributed by atoms with Gasteiger partial charge < -0.3 is 19.6 Å². The second-order valence-electron chi connectivity index (χ2n) is 2.69. The van der Waals surface area contributed by atoms with Gasteiger partial charge in [0, 0.05) is 0 Å². The van der Waals surface area contributed by atoms with Gasteiger partial charge in [0.05, 0.1) is 0 Å². The summed E-state index contributed by atoms with van der Waals surface area (Å²) in [7, 11) is -6.26. The van der Waals surface area contributed by atoms with Crippen LogP contribution in [0.4, 0.5) is 0 Å². The molecule has 0 spiro atoms. The summed E-state index contributed by atoms with van der Waals surface area (Å²) >= 11 is 0. The highest BCUT2D eigenvalue weighted by atomic mass is 31.1. The van der Waals surface area contributed by atoms with Crippen LogP contribution in [0.5, 0.6) is 0 Å². The van der Waals surface area contributed by atoms with Gasteiger partial charge in [-0.2, -0.15) is 0 Å². The first-order valence-corrected chi connectivity index (χ1v) is 6.91. The van der Waals surface area contributed by atoms with E-state index in [0.717, 1.165) is 0 Å². The Morgan fingerprint density at radius 2 is 0.643 bits per heavy atom. The summed E-state index contributed by atoms with van der Waals surface area (Å²) in [5, 5.41) is 0. The highest BCUT2D eigenvalue weighted by Crippen LogP contribution is 2.15. The van der Waals surface area contributed by atoms with Crippen LogP contribution in [-0.4, -0.2) is 19.6 Å². The van der Waals surface area contributed by atoms with Gasteiger partial charge in [0.15, 0.2) is 0 Å². The van der Waals surface area contributed by atoms with E-state index in [-0.39, 0.29) is 0 Å². The fraction of sp³-hybridized carbons (Fsp3) is 1.00. The molecule has 0 aliphatic heterocycles. The molecule has 8 heteroatoms. The standard InChI is InChI=1S/C6H12.2H3O3P/c1-2-4-6-5-3-1;2*1-4(2)3/h1-6H2;2*4H,(H2,1,2,3). The summed E-state index contributed by atoms with van der Waals surface area (Å²) in [5.41, 5.74) is 0. The van der Waals surface area contributed by atoms with Crippen LogP contribution in [-0.2, 0) is 9.13 Å². The molecule has 4 N–H and O–H groups in total. The van der Waals surface area contributed by atoms with Gasteiger partial charge in [0.25, 0.3) is 0 Å². The van der Waals surface area contributed by atoms with Gasteiger partial charge in [0.1, 0.15) is 0 Å². The van der Waals surface area contributed by atoms with Gasteiger partial charge in [-0.25, -0.2) is 0 Å². The van der Waals surface area contributed by atoms with Gasteiger partial charge in [-0.3, -0.25) is 9.13 Å². The monoisotopic (exact) mass is 248 g/mol. The lowest BCUT2D eigenvalue weighted by Crippen LogP contribution is -1.85. The van der Waals surface area contributed by atoms with E-state index < -0.39 is 16.5 Å². The van der Waals surface area contributed by atoms with E-state index in [9.17, 15) is 0 Å². The zero-order chi connectivity index (χ0) is 11.4. The lowest BCUT2D eigenvalue weighted by molar-refractivity contribution is 0.403. The molecule has 6 nitrogen and oxygen atoms in total. The maximum atomic E-state index is 8.74. The Hall–Kier alpha value is 0.300. The van der Waals surface area contributed by atoms with Crippen LogP contribution in [0.3, 0.4) is 0 Å². The molecule has 0 bridgehead atoms. The Balaban J connectivity index is 0. The van der Waals surface area contributed by atoms with Crippen molar-refractivity contribution in [1.29, 1.82) is 0 Å². The van der Waals surface area contributed by atoms with Crippen molar-refractivity contribution in [3.63, 3.8) is 0 Å². The second kappa shape index (κ2) is 13.3. The van der Waals surface area contributed by atoms with Crippen molar-refractivity contribution in [3.8, 4) is 0 Å². The fourth-order valence-corrected chi connectivity index (χ4v) is 1.06. The summed E-state index contributed by atoms with van der Waals surface area (Å²) in [4.78, 5) is 28.6. The average Bonchev–Trinajstić information content (AvgIpc) is 2.05. The van der Waals surface area contributed by atoms with Crippen LogP contribution in [0.25, 0.3) is 0 Å². The molecule has 0 amide bonds. The van der Waals surface area contributed by atoms with Gasteiger partial charge in [0.2, 0.25) is 0 Å². The molecule has 1 aliphatic carbocycles. The Kier molecular flexibility index (Phi) is 15.9. The Morgan fingerprint density at radius 1 is 0.571 bits per heavy atom. The summed E-state index contributed by atoms with van der Waals surface area (Å²) in [6, 6.07) is 0. The first kappa shape index (κ1) is 16.7. The lowest BCUT2D eigenvalue weighted by Gasteiger charge is -2.05. The normalized spacial score (nSPS) is 15.3. The molecule has 0 heterocycles. The van der Waals surface area contributed by atoms with Crippen LogP contribution in [0.2, 0.25) is 0 Å². The molecule has 1 rings (SSSR count). The van der Waals surface area contributed by atoms with E-state index in [4.69, 9.17) is 28.7 Å². The van der Waals surface area contributed by atoms with Gasteiger partial charge in [-0.15, -0.1) is 0 Å². The zero-order valence-corrected chi connectivity index (χ0v) is 9.85. The Bertz CT molecular complexity index is 127. The molecule has 1 fully saturated rings. The number of hydrogen-bond donors (Lipinski definition) is 4. The minimum Gasteiger partial charge on any atom is -0.326 e. The highest BCUT2D eigenvalue weighted by molar-refractivity contribution is 7.31. The third kappa shape index (κ3) is 39.6. The third-order valence-electron chi connectivity index (χ3n) is 1.50. The van der Waals surface area contributed by atoms with Crippen LogP contribution in [0.15, 0.2) is 0 Å². The SMILES string of the molecule is C1CCCCC1.O=[PH](O)O.O=[PH](O)O. The van der Waals surface area contributed by atoms with Crippen molar-refractivity contribution >= 4 is 16.5 Å². The largest absolute Gasteiger partial charge is 0.326 e. The molecular weight excluding hydrogens is 230 g/mol. The summed E-state index contributed by atoms with van der Waals surface area (Å²) in [5.74, 6) is 0. The molecular formula is C6H18O6P2. The van der Waals surface area contributed by atoms with Crippen molar-refractivity contribution in [2.45, 2.75) is 38.5 Å². The molecule has 0 atom stereocenters. The average molecular weight is 248 g/mol. The molecule has 1 aliphatic rings. The predicted octanol–water partition coefficient (Wildman–Crippen LogP) is 1.06. The molecule has 0 aromatic heterocycles. The molecule has 0 radical (unpaired) electrons. The maximum Gasteiger partial charge on any atom is 0.314 e.